The number of esters is 1. The zero-order valence-corrected chi connectivity index (χ0v) is 15.1. The lowest BCUT2D eigenvalue weighted by Gasteiger charge is -2.16. The van der Waals surface area contributed by atoms with E-state index in [1.807, 2.05) is 0 Å². The molecule has 0 spiro atoms. The number of ether oxygens (including phenoxy) is 1. The molecule has 0 saturated heterocycles. The van der Waals surface area contributed by atoms with E-state index >= 15 is 0 Å². The van der Waals surface area contributed by atoms with Crippen molar-refractivity contribution in [2.75, 3.05) is 27.8 Å². The molecule has 2 N–H and O–H groups in total. The second-order valence-electron chi connectivity index (χ2n) is 4.66. The molecule has 0 aliphatic carbocycles. The molecule has 8 nitrogen and oxygen atoms in total. The molecule has 0 aromatic heterocycles. The van der Waals surface area contributed by atoms with E-state index < -0.39 is 34.5 Å². The fraction of sp³-hybridized carbons (Fsp3) is 0.385. The summed E-state index contributed by atoms with van der Waals surface area (Å²) in [5.41, 5.74) is 0.0241. The van der Waals surface area contributed by atoms with E-state index in [0.717, 1.165) is 11.4 Å². The Morgan fingerprint density at radius 3 is 2.48 bits per heavy atom. The summed E-state index contributed by atoms with van der Waals surface area (Å²) in [7, 11) is 0.108. The van der Waals surface area contributed by atoms with Crippen LogP contribution in [0.2, 0.25) is 0 Å². The van der Waals surface area contributed by atoms with Gasteiger partial charge in [-0.3, -0.25) is 4.79 Å². The Balaban J connectivity index is 3.16. The smallest absolute Gasteiger partial charge is 0.330 e. The van der Waals surface area contributed by atoms with Crippen LogP contribution < -0.4 is 5.32 Å². The zero-order chi connectivity index (χ0) is 17.8. The number of aliphatic hydroxyl groups is 1. The Morgan fingerprint density at radius 2 is 2.00 bits per heavy atom. The maximum Gasteiger partial charge on any atom is 0.330 e. The monoisotopic (exact) mass is 408 g/mol. The van der Waals surface area contributed by atoms with Gasteiger partial charge in [-0.15, -0.1) is 0 Å². The topological polar surface area (TPSA) is 113 Å². The molecule has 1 rings (SSSR count). The fourth-order valence-electron chi connectivity index (χ4n) is 1.60. The first-order chi connectivity index (χ1) is 10.6. The number of benzene rings is 1. The highest BCUT2D eigenvalue weighted by atomic mass is 79.9. The summed E-state index contributed by atoms with van der Waals surface area (Å²) < 4.78 is 30.2. The number of rotatable bonds is 6. The summed E-state index contributed by atoms with van der Waals surface area (Å²) >= 11 is 3.13. The zero-order valence-electron chi connectivity index (χ0n) is 12.7. The van der Waals surface area contributed by atoms with Crippen molar-refractivity contribution in [2.24, 2.45) is 0 Å². The van der Waals surface area contributed by atoms with E-state index in [0.29, 0.717) is 4.47 Å². The van der Waals surface area contributed by atoms with Gasteiger partial charge in [0.2, 0.25) is 10.0 Å². The van der Waals surface area contributed by atoms with Gasteiger partial charge in [0.15, 0.2) is 6.04 Å². The minimum atomic E-state index is -3.75. The van der Waals surface area contributed by atoms with E-state index in [1.165, 1.54) is 32.3 Å². The standard InChI is InChI=1S/C13H17BrN2O6S/c1-16(2)23(20,21)11-6-8(4-5-9(11)14)12(18)15-10(7-17)13(19)22-3/h4-6,10,17H,7H2,1-3H3,(H,15,18)/t10-/m0/s1. The number of methoxy groups -OCH3 is 1. The molecule has 128 valence electrons. The average Bonchev–Trinajstić information content (AvgIpc) is 2.51. The number of halogens is 1. The number of amides is 1. The van der Waals surface area contributed by atoms with Gasteiger partial charge in [-0.25, -0.2) is 17.5 Å². The molecular weight excluding hydrogens is 392 g/mol. The SMILES string of the molecule is COC(=O)[C@H](CO)NC(=O)c1ccc(Br)c(S(=O)(=O)N(C)C)c1. The van der Waals surface area contributed by atoms with Gasteiger partial charge in [0.1, 0.15) is 0 Å². The first-order valence-corrected chi connectivity index (χ1v) is 8.60. The largest absolute Gasteiger partial charge is 0.467 e. The van der Waals surface area contributed by atoms with Crippen LogP contribution in [0.3, 0.4) is 0 Å². The van der Waals surface area contributed by atoms with Crippen molar-refractivity contribution in [3.63, 3.8) is 0 Å². The molecule has 1 amide bonds. The van der Waals surface area contributed by atoms with Gasteiger partial charge < -0.3 is 15.2 Å². The van der Waals surface area contributed by atoms with Crippen LogP contribution in [-0.2, 0) is 19.6 Å². The molecule has 0 heterocycles. The Hall–Kier alpha value is -1.49. The van der Waals surface area contributed by atoms with Gasteiger partial charge in [0, 0.05) is 24.1 Å². The number of nitrogens with zero attached hydrogens (tertiary/aromatic N) is 1. The predicted octanol–water partition coefficient (Wildman–Crippen LogP) is -0.0369. The number of carbonyl (C=O) groups is 2. The maximum absolute atomic E-state index is 12.2. The number of hydrogen-bond donors (Lipinski definition) is 2. The number of nitrogens with one attached hydrogen (secondary N) is 1. The van der Waals surface area contributed by atoms with Crippen molar-refractivity contribution < 1.29 is 27.9 Å². The molecular formula is C13H17BrN2O6S. The van der Waals surface area contributed by atoms with Crippen LogP contribution in [0.4, 0.5) is 0 Å². The van der Waals surface area contributed by atoms with Crippen molar-refractivity contribution in [3.8, 4) is 0 Å². The molecule has 10 heteroatoms. The fourth-order valence-corrected chi connectivity index (χ4v) is 3.45. The third-order valence-corrected chi connectivity index (χ3v) is 5.73. The van der Waals surface area contributed by atoms with Crippen LogP contribution in [0.15, 0.2) is 27.6 Å². The second-order valence-corrected chi connectivity index (χ2v) is 7.64. The molecule has 0 radical (unpaired) electrons. The Labute approximate surface area is 142 Å². The van der Waals surface area contributed by atoms with Crippen molar-refractivity contribution in [1.82, 2.24) is 9.62 Å². The Morgan fingerprint density at radius 1 is 1.39 bits per heavy atom. The molecule has 1 aromatic carbocycles. The highest BCUT2D eigenvalue weighted by Crippen LogP contribution is 2.25. The summed E-state index contributed by atoms with van der Waals surface area (Å²) in [5.74, 6) is -1.52. The van der Waals surface area contributed by atoms with Crippen LogP contribution in [0.25, 0.3) is 0 Å². The van der Waals surface area contributed by atoms with E-state index in [2.05, 4.69) is 26.0 Å². The molecule has 0 fully saturated rings. The van der Waals surface area contributed by atoms with Crippen molar-refractivity contribution >= 4 is 37.8 Å². The van der Waals surface area contributed by atoms with Crippen molar-refractivity contribution in [2.45, 2.75) is 10.9 Å². The van der Waals surface area contributed by atoms with E-state index in [9.17, 15) is 18.0 Å². The second kappa shape index (κ2) is 7.86. The van der Waals surface area contributed by atoms with Crippen LogP contribution in [-0.4, -0.2) is 63.6 Å². The molecule has 23 heavy (non-hydrogen) atoms. The predicted molar refractivity (Wildman–Crippen MR) is 85.4 cm³/mol. The summed E-state index contributed by atoms with van der Waals surface area (Å²) in [6, 6.07) is 2.75. The van der Waals surface area contributed by atoms with Gasteiger partial charge in [0.05, 0.1) is 18.6 Å². The first kappa shape index (κ1) is 19.6. The van der Waals surface area contributed by atoms with Gasteiger partial charge in [-0.2, -0.15) is 0 Å². The number of aliphatic hydroxyl groups excluding tert-OH is 1. The van der Waals surface area contributed by atoms with Gasteiger partial charge in [0.25, 0.3) is 5.91 Å². The average molecular weight is 409 g/mol. The molecule has 1 atom stereocenters. The third-order valence-electron chi connectivity index (χ3n) is 2.93. The molecule has 0 aliphatic rings. The molecule has 0 saturated carbocycles. The van der Waals surface area contributed by atoms with E-state index in [4.69, 9.17) is 5.11 Å². The van der Waals surface area contributed by atoms with Crippen LogP contribution >= 0.6 is 15.9 Å². The molecule has 0 bridgehead atoms. The summed E-state index contributed by atoms with van der Waals surface area (Å²) in [6.07, 6.45) is 0. The normalized spacial score (nSPS) is 12.8. The lowest BCUT2D eigenvalue weighted by Crippen LogP contribution is -2.44. The van der Waals surface area contributed by atoms with Crippen molar-refractivity contribution in [3.05, 3.63) is 28.2 Å². The molecule has 0 unspecified atom stereocenters. The lowest BCUT2D eigenvalue weighted by atomic mass is 10.2. The molecule has 0 aliphatic heterocycles. The van der Waals surface area contributed by atoms with Crippen LogP contribution in [0.5, 0.6) is 0 Å². The minimum Gasteiger partial charge on any atom is -0.467 e. The summed E-state index contributed by atoms with van der Waals surface area (Å²) in [6.45, 7) is -0.641. The lowest BCUT2D eigenvalue weighted by molar-refractivity contribution is -0.143. The highest BCUT2D eigenvalue weighted by Gasteiger charge is 2.24. The Kier molecular flexibility index (Phi) is 6.69. The number of carbonyl (C=O) groups excluding carboxylic acids is 2. The first-order valence-electron chi connectivity index (χ1n) is 6.36. The number of hydrogen-bond acceptors (Lipinski definition) is 6. The Bertz CT molecular complexity index is 704. The van der Waals surface area contributed by atoms with E-state index in [1.54, 1.807) is 0 Å². The highest BCUT2D eigenvalue weighted by molar-refractivity contribution is 9.10. The maximum atomic E-state index is 12.2. The summed E-state index contributed by atoms with van der Waals surface area (Å²) in [4.78, 5) is 23.4. The molecule has 1 aromatic rings. The van der Waals surface area contributed by atoms with Crippen LogP contribution in [0, 0.1) is 0 Å². The van der Waals surface area contributed by atoms with E-state index in [-0.39, 0.29) is 10.5 Å². The summed E-state index contributed by atoms with van der Waals surface area (Å²) in [5, 5.41) is 11.4. The van der Waals surface area contributed by atoms with Gasteiger partial charge in [-0.1, -0.05) is 0 Å². The third kappa shape index (κ3) is 4.50. The van der Waals surface area contributed by atoms with Crippen LogP contribution in [0.1, 0.15) is 10.4 Å². The van der Waals surface area contributed by atoms with Gasteiger partial charge >= 0.3 is 5.97 Å². The van der Waals surface area contributed by atoms with Gasteiger partial charge in [-0.05, 0) is 34.1 Å². The number of sulfonamides is 1. The van der Waals surface area contributed by atoms with Crippen molar-refractivity contribution in [1.29, 1.82) is 0 Å². The minimum absolute atomic E-state index is 0.0241. The quantitative estimate of drug-likeness (QED) is 0.638.